The summed E-state index contributed by atoms with van der Waals surface area (Å²) in [6.07, 6.45) is 0.700. The topological polar surface area (TPSA) is 75.6 Å². The van der Waals surface area contributed by atoms with Crippen LogP contribution in [0, 0.1) is 0 Å². The SMILES string of the molecule is C=CCOC(=O)Nc1ccc(-c2ccccc2)cc1C(=O)O. The van der Waals surface area contributed by atoms with E-state index >= 15 is 0 Å². The maximum absolute atomic E-state index is 11.5. The zero-order valence-electron chi connectivity index (χ0n) is 11.8. The van der Waals surface area contributed by atoms with Gasteiger partial charge in [0.2, 0.25) is 0 Å². The minimum atomic E-state index is -1.13. The minimum Gasteiger partial charge on any atom is -0.478 e. The highest BCUT2D eigenvalue weighted by Crippen LogP contribution is 2.25. The Labute approximate surface area is 127 Å². The Morgan fingerprint density at radius 1 is 1.14 bits per heavy atom. The fourth-order valence-corrected chi connectivity index (χ4v) is 1.92. The maximum atomic E-state index is 11.5. The average Bonchev–Trinajstić information content (AvgIpc) is 2.54. The van der Waals surface area contributed by atoms with Gasteiger partial charge in [0.25, 0.3) is 0 Å². The number of ether oxygens (including phenoxy) is 1. The predicted octanol–water partition coefficient (Wildman–Crippen LogP) is 3.79. The molecule has 0 fully saturated rings. The summed E-state index contributed by atoms with van der Waals surface area (Å²) in [5, 5.41) is 11.7. The van der Waals surface area contributed by atoms with Crippen molar-refractivity contribution >= 4 is 17.7 Å². The van der Waals surface area contributed by atoms with Crippen LogP contribution in [0.2, 0.25) is 0 Å². The number of carbonyl (C=O) groups is 2. The van der Waals surface area contributed by atoms with Gasteiger partial charge in [-0.25, -0.2) is 9.59 Å². The normalized spacial score (nSPS) is 9.82. The molecule has 0 atom stereocenters. The van der Waals surface area contributed by atoms with E-state index in [1.165, 1.54) is 12.1 Å². The van der Waals surface area contributed by atoms with Crippen molar-refractivity contribution in [3.63, 3.8) is 0 Å². The molecule has 22 heavy (non-hydrogen) atoms. The van der Waals surface area contributed by atoms with Crippen LogP contribution in [0.4, 0.5) is 10.5 Å². The highest BCUT2D eigenvalue weighted by atomic mass is 16.5. The molecule has 2 rings (SSSR count). The van der Waals surface area contributed by atoms with Crippen LogP contribution in [0.25, 0.3) is 11.1 Å². The van der Waals surface area contributed by atoms with Crippen molar-refractivity contribution in [3.8, 4) is 11.1 Å². The van der Waals surface area contributed by atoms with E-state index in [1.807, 2.05) is 30.3 Å². The van der Waals surface area contributed by atoms with Gasteiger partial charge >= 0.3 is 12.1 Å². The second kappa shape index (κ2) is 7.08. The number of aromatic carboxylic acids is 1. The molecule has 112 valence electrons. The molecule has 5 heteroatoms. The van der Waals surface area contributed by atoms with Crippen molar-refractivity contribution in [1.82, 2.24) is 0 Å². The van der Waals surface area contributed by atoms with E-state index in [0.29, 0.717) is 0 Å². The van der Waals surface area contributed by atoms with Gasteiger partial charge in [-0.2, -0.15) is 0 Å². The zero-order valence-corrected chi connectivity index (χ0v) is 11.8. The fraction of sp³-hybridized carbons (Fsp3) is 0.0588. The lowest BCUT2D eigenvalue weighted by Crippen LogP contribution is -2.16. The summed E-state index contributed by atoms with van der Waals surface area (Å²) >= 11 is 0. The number of carbonyl (C=O) groups excluding carboxylic acids is 1. The van der Waals surface area contributed by atoms with Gasteiger partial charge in [0.1, 0.15) is 6.61 Å². The third kappa shape index (κ3) is 3.73. The van der Waals surface area contributed by atoms with Crippen LogP contribution in [0.1, 0.15) is 10.4 Å². The molecule has 0 radical (unpaired) electrons. The van der Waals surface area contributed by atoms with Crippen LogP contribution in [-0.4, -0.2) is 23.8 Å². The zero-order chi connectivity index (χ0) is 15.9. The van der Waals surface area contributed by atoms with Crippen LogP contribution in [-0.2, 0) is 4.74 Å². The van der Waals surface area contributed by atoms with Gasteiger partial charge in [-0.05, 0) is 23.3 Å². The molecular weight excluding hydrogens is 282 g/mol. The minimum absolute atomic E-state index is 0.00286. The molecular formula is C17H15NO4. The lowest BCUT2D eigenvalue weighted by molar-refractivity contribution is 0.0698. The molecule has 0 aliphatic carbocycles. The first-order chi connectivity index (χ1) is 10.6. The van der Waals surface area contributed by atoms with E-state index < -0.39 is 12.1 Å². The number of hydrogen-bond donors (Lipinski definition) is 2. The van der Waals surface area contributed by atoms with Crippen molar-refractivity contribution in [3.05, 3.63) is 66.7 Å². The third-order valence-corrected chi connectivity index (χ3v) is 2.93. The first kappa shape index (κ1) is 15.3. The molecule has 0 aliphatic rings. The number of hydrogen-bond acceptors (Lipinski definition) is 3. The molecule has 0 spiro atoms. The number of carboxylic acid groups (broad SMARTS) is 1. The summed E-state index contributed by atoms with van der Waals surface area (Å²) in [6, 6.07) is 14.2. The Balaban J connectivity index is 2.30. The van der Waals surface area contributed by atoms with Crippen molar-refractivity contribution in [2.45, 2.75) is 0 Å². The van der Waals surface area contributed by atoms with Crippen LogP contribution in [0.5, 0.6) is 0 Å². The van der Waals surface area contributed by atoms with E-state index in [2.05, 4.69) is 11.9 Å². The van der Waals surface area contributed by atoms with E-state index in [4.69, 9.17) is 4.74 Å². The van der Waals surface area contributed by atoms with E-state index in [0.717, 1.165) is 11.1 Å². The highest BCUT2D eigenvalue weighted by Gasteiger charge is 2.14. The molecule has 2 aromatic rings. The summed E-state index contributed by atoms with van der Waals surface area (Å²) in [5.41, 5.74) is 1.83. The molecule has 0 bridgehead atoms. The van der Waals surface area contributed by atoms with Gasteiger partial charge in [-0.3, -0.25) is 5.32 Å². The standard InChI is InChI=1S/C17H15NO4/c1-2-10-22-17(21)18-15-9-8-13(11-14(15)16(19)20)12-6-4-3-5-7-12/h2-9,11H,1,10H2,(H,18,21)(H,19,20). The van der Waals surface area contributed by atoms with Crippen LogP contribution in [0.15, 0.2) is 61.2 Å². The van der Waals surface area contributed by atoms with Crippen molar-refractivity contribution in [2.24, 2.45) is 0 Å². The van der Waals surface area contributed by atoms with Gasteiger partial charge in [-0.15, -0.1) is 0 Å². The largest absolute Gasteiger partial charge is 0.478 e. The average molecular weight is 297 g/mol. The second-order valence-electron chi connectivity index (χ2n) is 4.44. The van der Waals surface area contributed by atoms with Gasteiger partial charge in [-0.1, -0.05) is 49.1 Å². The molecule has 0 unspecified atom stereocenters. The lowest BCUT2D eigenvalue weighted by atomic mass is 10.0. The number of amides is 1. The number of rotatable bonds is 5. The van der Waals surface area contributed by atoms with E-state index in [-0.39, 0.29) is 17.9 Å². The number of anilines is 1. The van der Waals surface area contributed by atoms with Crippen LogP contribution < -0.4 is 5.32 Å². The Morgan fingerprint density at radius 2 is 1.86 bits per heavy atom. The number of carboxylic acids is 1. The summed E-state index contributed by atoms with van der Waals surface area (Å²) in [7, 11) is 0. The smallest absolute Gasteiger partial charge is 0.411 e. The Kier molecular flexibility index (Phi) is 4.93. The molecule has 0 aromatic heterocycles. The first-order valence-corrected chi connectivity index (χ1v) is 6.59. The predicted molar refractivity (Wildman–Crippen MR) is 84.0 cm³/mol. The van der Waals surface area contributed by atoms with Gasteiger partial charge in [0.05, 0.1) is 11.3 Å². The summed E-state index contributed by atoms with van der Waals surface area (Å²) in [4.78, 5) is 22.9. The van der Waals surface area contributed by atoms with E-state index in [1.54, 1.807) is 12.1 Å². The molecule has 0 saturated carbocycles. The van der Waals surface area contributed by atoms with Gasteiger partial charge < -0.3 is 9.84 Å². The highest BCUT2D eigenvalue weighted by molar-refractivity contribution is 6.00. The molecule has 5 nitrogen and oxygen atoms in total. The Bertz CT molecular complexity index is 695. The molecule has 0 heterocycles. The number of benzene rings is 2. The van der Waals surface area contributed by atoms with E-state index in [9.17, 15) is 14.7 Å². The number of nitrogens with one attached hydrogen (secondary N) is 1. The lowest BCUT2D eigenvalue weighted by Gasteiger charge is -2.10. The van der Waals surface area contributed by atoms with Crippen molar-refractivity contribution in [1.29, 1.82) is 0 Å². The Morgan fingerprint density at radius 3 is 2.50 bits per heavy atom. The molecule has 0 saturated heterocycles. The fourth-order valence-electron chi connectivity index (χ4n) is 1.92. The summed E-state index contributed by atoms with van der Waals surface area (Å²) in [5.74, 6) is -1.13. The quantitative estimate of drug-likeness (QED) is 0.823. The Hall–Kier alpha value is -3.08. The monoisotopic (exact) mass is 297 g/mol. The molecule has 2 N–H and O–H groups in total. The maximum Gasteiger partial charge on any atom is 0.411 e. The first-order valence-electron chi connectivity index (χ1n) is 6.59. The molecule has 0 aliphatic heterocycles. The third-order valence-electron chi connectivity index (χ3n) is 2.93. The van der Waals surface area contributed by atoms with Crippen molar-refractivity contribution < 1.29 is 19.4 Å². The second-order valence-corrected chi connectivity index (χ2v) is 4.44. The molecule has 2 aromatic carbocycles. The van der Waals surface area contributed by atoms with Gasteiger partial charge in [0.15, 0.2) is 0 Å². The van der Waals surface area contributed by atoms with Crippen LogP contribution in [0.3, 0.4) is 0 Å². The van der Waals surface area contributed by atoms with Crippen LogP contribution >= 0.6 is 0 Å². The molecule has 1 amide bonds. The summed E-state index contributed by atoms with van der Waals surface area (Å²) < 4.78 is 4.78. The van der Waals surface area contributed by atoms with Gasteiger partial charge in [0, 0.05) is 0 Å². The summed E-state index contributed by atoms with van der Waals surface area (Å²) in [6.45, 7) is 3.48. The van der Waals surface area contributed by atoms with Crippen molar-refractivity contribution in [2.75, 3.05) is 11.9 Å².